The molecule has 6 heteroatoms. The lowest BCUT2D eigenvalue weighted by Gasteiger charge is -2.53. The maximum atomic E-state index is 12.4. The first-order chi connectivity index (χ1) is 12.9. The Balaban J connectivity index is 1.48. The van der Waals surface area contributed by atoms with Crippen molar-refractivity contribution in [2.75, 3.05) is 24.5 Å². The van der Waals surface area contributed by atoms with Gasteiger partial charge in [0.25, 0.3) is 0 Å². The number of nitrogens with zero attached hydrogens (tertiary/aromatic N) is 4. The standard InChI is InChI=1S/C21H26N4O2/c1-21(2,3)27-20(26)24-12-10-16-13-25(17(16)14-24)18-9-11-22-19(23-18)15-7-5-4-6-8-15/h4-9,11,16-17H,10,12-14H2,1-3H3. The van der Waals surface area contributed by atoms with E-state index in [0.29, 0.717) is 18.5 Å². The van der Waals surface area contributed by atoms with E-state index in [-0.39, 0.29) is 6.09 Å². The molecule has 2 saturated heterocycles. The van der Waals surface area contributed by atoms with Crippen LogP contribution in [0.2, 0.25) is 0 Å². The molecule has 2 unspecified atom stereocenters. The van der Waals surface area contributed by atoms with Crippen LogP contribution in [-0.4, -0.2) is 52.2 Å². The lowest BCUT2D eigenvalue weighted by molar-refractivity contribution is 0.0106. The predicted octanol–water partition coefficient (Wildman–Crippen LogP) is 3.59. The average molecular weight is 366 g/mol. The molecule has 0 bridgehead atoms. The summed E-state index contributed by atoms with van der Waals surface area (Å²) in [5.74, 6) is 2.27. The monoisotopic (exact) mass is 366 g/mol. The molecule has 0 aliphatic carbocycles. The van der Waals surface area contributed by atoms with Crippen LogP contribution in [0, 0.1) is 5.92 Å². The molecule has 0 spiro atoms. The highest BCUT2D eigenvalue weighted by molar-refractivity contribution is 5.68. The van der Waals surface area contributed by atoms with Gasteiger partial charge in [0.15, 0.2) is 5.82 Å². The van der Waals surface area contributed by atoms with Gasteiger partial charge in [-0.2, -0.15) is 0 Å². The van der Waals surface area contributed by atoms with E-state index < -0.39 is 5.60 Å². The zero-order valence-electron chi connectivity index (χ0n) is 16.1. The third-order valence-corrected chi connectivity index (χ3v) is 5.17. The minimum absolute atomic E-state index is 0.222. The van der Waals surface area contributed by atoms with Crippen LogP contribution in [0.15, 0.2) is 42.6 Å². The highest BCUT2D eigenvalue weighted by Crippen LogP contribution is 2.36. The fourth-order valence-corrected chi connectivity index (χ4v) is 3.79. The van der Waals surface area contributed by atoms with Crippen molar-refractivity contribution in [1.29, 1.82) is 0 Å². The number of ether oxygens (including phenoxy) is 1. The van der Waals surface area contributed by atoms with Gasteiger partial charge in [-0.3, -0.25) is 0 Å². The number of piperidine rings is 1. The van der Waals surface area contributed by atoms with Crippen molar-refractivity contribution < 1.29 is 9.53 Å². The summed E-state index contributed by atoms with van der Waals surface area (Å²) in [5, 5.41) is 0. The molecule has 1 aromatic carbocycles. The summed E-state index contributed by atoms with van der Waals surface area (Å²) in [4.78, 5) is 25.7. The van der Waals surface area contributed by atoms with Crippen molar-refractivity contribution in [3.8, 4) is 11.4 Å². The highest BCUT2D eigenvalue weighted by Gasteiger charge is 2.44. The molecule has 142 valence electrons. The van der Waals surface area contributed by atoms with Gasteiger partial charge in [-0.1, -0.05) is 30.3 Å². The molecule has 2 aromatic rings. The molecular formula is C21H26N4O2. The van der Waals surface area contributed by atoms with Crippen LogP contribution >= 0.6 is 0 Å². The van der Waals surface area contributed by atoms with E-state index in [4.69, 9.17) is 9.72 Å². The van der Waals surface area contributed by atoms with E-state index in [1.165, 1.54) is 0 Å². The normalized spacial score (nSPS) is 22.0. The van der Waals surface area contributed by atoms with E-state index in [2.05, 4.69) is 9.88 Å². The third-order valence-electron chi connectivity index (χ3n) is 5.17. The smallest absolute Gasteiger partial charge is 0.410 e. The molecule has 2 fully saturated rings. The predicted molar refractivity (Wildman–Crippen MR) is 105 cm³/mol. The number of fused-ring (bicyclic) bond motifs is 1. The molecule has 1 aromatic heterocycles. The number of aromatic nitrogens is 2. The summed E-state index contributed by atoms with van der Waals surface area (Å²) in [6, 6.07) is 12.3. The molecule has 6 nitrogen and oxygen atoms in total. The van der Waals surface area contributed by atoms with Gasteiger partial charge in [-0.15, -0.1) is 0 Å². The second-order valence-corrected chi connectivity index (χ2v) is 8.30. The van der Waals surface area contributed by atoms with Crippen LogP contribution in [0.5, 0.6) is 0 Å². The Labute approximate surface area is 160 Å². The Bertz CT molecular complexity index is 818. The summed E-state index contributed by atoms with van der Waals surface area (Å²) in [6.45, 7) is 8.14. The fourth-order valence-electron chi connectivity index (χ4n) is 3.79. The maximum Gasteiger partial charge on any atom is 0.410 e. The van der Waals surface area contributed by atoms with Gasteiger partial charge in [0.05, 0.1) is 6.04 Å². The van der Waals surface area contributed by atoms with Crippen LogP contribution in [0.25, 0.3) is 11.4 Å². The van der Waals surface area contributed by atoms with Gasteiger partial charge < -0.3 is 14.5 Å². The summed E-state index contributed by atoms with van der Waals surface area (Å²) < 4.78 is 5.55. The highest BCUT2D eigenvalue weighted by atomic mass is 16.6. The number of hydrogen-bond donors (Lipinski definition) is 0. The van der Waals surface area contributed by atoms with Crippen molar-refractivity contribution in [2.24, 2.45) is 5.92 Å². The second kappa shape index (κ2) is 6.83. The zero-order chi connectivity index (χ0) is 19.0. The lowest BCUT2D eigenvalue weighted by atomic mass is 9.82. The molecule has 4 rings (SSSR count). The number of rotatable bonds is 2. The van der Waals surface area contributed by atoms with Gasteiger partial charge in [0.1, 0.15) is 11.4 Å². The van der Waals surface area contributed by atoms with Crippen LogP contribution in [0.4, 0.5) is 10.6 Å². The van der Waals surface area contributed by atoms with Crippen molar-refractivity contribution in [2.45, 2.75) is 38.8 Å². The summed E-state index contributed by atoms with van der Waals surface area (Å²) in [5.41, 5.74) is 0.542. The summed E-state index contributed by atoms with van der Waals surface area (Å²) in [7, 11) is 0. The fraction of sp³-hybridized carbons (Fsp3) is 0.476. The van der Waals surface area contributed by atoms with Gasteiger partial charge in [-0.05, 0) is 33.3 Å². The summed E-state index contributed by atoms with van der Waals surface area (Å²) >= 11 is 0. The molecule has 0 radical (unpaired) electrons. The van der Waals surface area contributed by atoms with E-state index in [1.807, 2.05) is 68.3 Å². The van der Waals surface area contributed by atoms with Gasteiger partial charge >= 0.3 is 6.09 Å². The number of carbonyl (C=O) groups is 1. The Morgan fingerprint density at radius 2 is 1.93 bits per heavy atom. The lowest BCUT2D eigenvalue weighted by Crippen LogP contribution is -2.65. The van der Waals surface area contributed by atoms with E-state index >= 15 is 0 Å². The SMILES string of the molecule is CC(C)(C)OC(=O)N1CCC2CN(c3ccnc(-c4ccccc4)n3)C2C1. The Morgan fingerprint density at radius 3 is 2.67 bits per heavy atom. The molecule has 2 aliphatic heterocycles. The van der Waals surface area contributed by atoms with Gasteiger partial charge in [0, 0.05) is 37.3 Å². The second-order valence-electron chi connectivity index (χ2n) is 8.30. The van der Waals surface area contributed by atoms with E-state index in [9.17, 15) is 4.79 Å². The third kappa shape index (κ3) is 3.75. The quantitative estimate of drug-likeness (QED) is 0.813. The molecule has 0 saturated carbocycles. The van der Waals surface area contributed by atoms with Crippen LogP contribution in [0.3, 0.4) is 0 Å². The van der Waals surface area contributed by atoms with E-state index in [1.54, 1.807) is 0 Å². The molecule has 1 amide bonds. The minimum atomic E-state index is -0.468. The van der Waals surface area contributed by atoms with Crippen molar-refractivity contribution in [3.05, 3.63) is 42.6 Å². The first-order valence-electron chi connectivity index (χ1n) is 9.54. The molecule has 2 atom stereocenters. The van der Waals surface area contributed by atoms with Gasteiger partial charge in [0.2, 0.25) is 0 Å². The zero-order valence-corrected chi connectivity index (χ0v) is 16.1. The topological polar surface area (TPSA) is 58.6 Å². The Morgan fingerprint density at radius 1 is 1.15 bits per heavy atom. The van der Waals surface area contributed by atoms with E-state index in [0.717, 1.165) is 36.7 Å². The van der Waals surface area contributed by atoms with Crippen molar-refractivity contribution in [1.82, 2.24) is 14.9 Å². The number of anilines is 1. The molecule has 3 heterocycles. The molecule has 2 aliphatic rings. The van der Waals surface area contributed by atoms with Gasteiger partial charge in [-0.25, -0.2) is 14.8 Å². The van der Waals surface area contributed by atoms with Crippen LogP contribution in [0.1, 0.15) is 27.2 Å². The molecular weight excluding hydrogens is 340 g/mol. The minimum Gasteiger partial charge on any atom is -0.444 e. The Hall–Kier alpha value is -2.63. The van der Waals surface area contributed by atoms with Crippen LogP contribution < -0.4 is 4.90 Å². The number of hydrogen-bond acceptors (Lipinski definition) is 5. The number of likely N-dealkylation sites (tertiary alicyclic amines) is 1. The molecule has 27 heavy (non-hydrogen) atoms. The number of benzene rings is 1. The number of carbonyl (C=O) groups excluding carboxylic acids is 1. The largest absolute Gasteiger partial charge is 0.444 e. The Kier molecular flexibility index (Phi) is 4.50. The maximum absolute atomic E-state index is 12.4. The van der Waals surface area contributed by atoms with Crippen LogP contribution in [-0.2, 0) is 4.74 Å². The summed E-state index contributed by atoms with van der Waals surface area (Å²) in [6.07, 6.45) is 2.60. The van der Waals surface area contributed by atoms with Crippen molar-refractivity contribution in [3.63, 3.8) is 0 Å². The molecule has 0 N–H and O–H groups in total. The average Bonchev–Trinajstić information content (AvgIpc) is 2.62. The first kappa shape index (κ1) is 17.8. The van der Waals surface area contributed by atoms with Crippen molar-refractivity contribution >= 4 is 11.9 Å². The number of amides is 1. The first-order valence-corrected chi connectivity index (χ1v) is 9.54.